The molecule has 0 saturated heterocycles. The molecule has 1 aromatic heterocycles. The predicted octanol–water partition coefficient (Wildman–Crippen LogP) is 2.98. The highest BCUT2D eigenvalue weighted by Crippen LogP contribution is 2.27. The quantitative estimate of drug-likeness (QED) is 0.859. The molecule has 1 aromatic carbocycles. The van der Waals surface area contributed by atoms with Gasteiger partial charge in [0.1, 0.15) is 5.75 Å². The monoisotopic (exact) mass is 271 g/mol. The van der Waals surface area contributed by atoms with Gasteiger partial charge in [0.2, 0.25) is 5.28 Å². The summed E-state index contributed by atoms with van der Waals surface area (Å²) in [5, 5.41) is 0.432. The zero-order valence-electron chi connectivity index (χ0n) is 8.72. The van der Waals surface area contributed by atoms with Crippen LogP contribution in [-0.4, -0.2) is 22.1 Å². The first-order valence-electron chi connectivity index (χ1n) is 4.57. The van der Waals surface area contributed by atoms with Crippen LogP contribution in [0.15, 0.2) is 24.3 Å². The Balaban J connectivity index is 2.30. The molecule has 2 aromatic rings. The third-order valence-electron chi connectivity index (χ3n) is 1.79. The van der Waals surface area contributed by atoms with Crippen molar-refractivity contribution in [2.75, 3.05) is 7.11 Å². The Hall–Kier alpha value is -1.59. The molecule has 0 saturated carbocycles. The molecule has 0 unspecified atom stereocenters. The molecule has 0 atom stereocenters. The topological polar surface area (TPSA) is 57.1 Å². The minimum Gasteiger partial charge on any atom is -0.467 e. The molecular weight excluding hydrogens is 265 g/mol. The van der Waals surface area contributed by atoms with Crippen molar-refractivity contribution in [3.8, 4) is 17.8 Å². The molecule has 17 heavy (non-hydrogen) atoms. The molecule has 1 heterocycles. The Labute approximate surface area is 107 Å². The van der Waals surface area contributed by atoms with Gasteiger partial charge in [-0.1, -0.05) is 23.7 Å². The van der Waals surface area contributed by atoms with Crippen LogP contribution in [0.3, 0.4) is 0 Å². The Kier molecular flexibility index (Phi) is 3.61. The number of methoxy groups -OCH3 is 1. The van der Waals surface area contributed by atoms with E-state index >= 15 is 0 Å². The average molecular weight is 272 g/mol. The highest BCUT2D eigenvalue weighted by atomic mass is 35.5. The van der Waals surface area contributed by atoms with Crippen LogP contribution in [0, 0.1) is 0 Å². The second-order valence-corrected chi connectivity index (χ2v) is 3.65. The van der Waals surface area contributed by atoms with Crippen LogP contribution in [0.25, 0.3) is 0 Å². The highest BCUT2D eigenvalue weighted by molar-refractivity contribution is 6.32. The molecular formula is C10H7Cl2N3O2. The molecule has 0 spiro atoms. The van der Waals surface area contributed by atoms with Gasteiger partial charge in [0.15, 0.2) is 0 Å². The van der Waals surface area contributed by atoms with E-state index in [9.17, 15) is 0 Å². The number of aromatic nitrogens is 3. The van der Waals surface area contributed by atoms with Gasteiger partial charge in [-0.05, 0) is 23.7 Å². The second kappa shape index (κ2) is 5.16. The van der Waals surface area contributed by atoms with Crippen molar-refractivity contribution in [1.82, 2.24) is 15.0 Å². The highest BCUT2D eigenvalue weighted by Gasteiger charge is 2.09. The maximum Gasteiger partial charge on any atom is 0.329 e. The summed E-state index contributed by atoms with van der Waals surface area (Å²) < 4.78 is 10.2. The van der Waals surface area contributed by atoms with E-state index in [1.54, 1.807) is 24.3 Å². The second-order valence-electron chi connectivity index (χ2n) is 2.91. The first kappa shape index (κ1) is 11.9. The van der Waals surface area contributed by atoms with Crippen molar-refractivity contribution >= 4 is 23.2 Å². The van der Waals surface area contributed by atoms with Crippen molar-refractivity contribution in [3.63, 3.8) is 0 Å². The number of benzene rings is 1. The van der Waals surface area contributed by atoms with Gasteiger partial charge in [0.05, 0.1) is 12.1 Å². The van der Waals surface area contributed by atoms with Crippen molar-refractivity contribution < 1.29 is 9.47 Å². The van der Waals surface area contributed by atoms with Crippen LogP contribution in [0.4, 0.5) is 0 Å². The molecule has 0 aliphatic carbocycles. The molecule has 2 rings (SSSR count). The number of halogens is 2. The Bertz CT molecular complexity index is 537. The maximum atomic E-state index is 5.93. The fourth-order valence-corrected chi connectivity index (χ4v) is 1.40. The minimum absolute atomic E-state index is 0.0149. The van der Waals surface area contributed by atoms with E-state index in [2.05, 4.69) is 15.0 Å². The lowest BCUT2D eigenvalue weighted by Gasteiger charge is -2.06. The zero-order valence-corrected chi connectivity index (χ0v) is 10.2. The first-order chi connectivity index (χ1) is 8.19. The Morgan fingerprint density at radius 2 is 1.71 bits per heavy atom. The molecule has 0 fully saturated rings. The van der Waals surface area contributed by atoms with Crippen molar-refractivity contribution in [1.29, 1.82) is 0 Å². The summed E-state index contributed by atoms with van der Waals surface area (Å²) in [5.74, 6) is 0.429. The maximum absolute atomic E-state index is 5.93. The van der Waals surface area contributed by atoms with Crippen molar-refractivity contribution in [2.24, 2.45) is 0 Å². The number of para-hydroxylation sites is 1. The fraction of sp³-hybridized carbons (Fsp3) is 0.100. The normalized spacial score (nSPS) is 10.1. The van der Waals surface area contributed by atoms with Gasteiger partial charge in [-0.25, -0.2) is 0 Å². The molecule has 7 heteroatoms. The van der Waals surface area contributed by atoms with Gasteiger partial charge >= 0.3 is 12.0 Å². The van der Waals surface area contributed by atoms with Crippen LogP contribution in [0.5, 0.6) is 17.8 Å². The SMILES string of the molecule is COc1nc(Cl)nc(Oc2ccccc2Cl)n1. The molecule has 0 radical (unpaired) electrons. The Morgan fingerprint density at radius 3 is 2.41 bits per heavy atom. The van der Waals surface area contributed by atoms with E-state index in [1.807, 2.05) is 0 Å². The minimum atomic E-state index is -0.0149. The van der Waals surface area contributed by atoms with Crippen molar-refractivity contribution in [2.45, 2.75) is 0 Å². The summed E-state index contributed by atoms with van der Waals surface area (Å²) in [6, 6.07) is 7.04. The molecule has 0 N–H and O–H groups in total. The molecule has 88 valence electrons. The lowest BCUT2D eigenvalue weighted by atomic mass is 10.3. The van der Waals surface area contributed by atoms with Crippen LogP contribution in [0.1, 0.15) is 0 Å². The van der Waals surface area contributed by atoms with Gasteiger partial charge in [-0.15, -0.1) is 4.98 Å². The third kappa shape index (κ3) is 2.95. The lowest BCUT2D eigenvalue weighted by Crippen LogP contribution is -1.98. The number of nitrogens with zero attached hydrogens (tertiary/aromatic N) is 3. The van der Waals surface area contributed by atoms with Gasteiger partial charge in [-0.3, -0.25) is 0 Å². The summed E-state index contributed by atoms with van der Waals surface area (Å²) in [6.07, 6.45) is 0. The van der Waals surface area contributed by atoms with Gasteiger partial charge in [0, 0.05) is 0 Å². The summed E-state index contributed by atoms with van der Waals surface area (Å²) >= 11 is 11.6. The molecule has 0 amide bonds. The first-order valence-corrected chi connectivity index (χ1v) is 5.32. The van der Waals surface area contributed by atoms with E-state index in [0.717, 1.165) is 0 Å². The van der Waals surface area contributed by atoms with Crippen molar-refractivity contribution in [3.05, 3.63) is 34.6 Å². The van der Waals surface area contributed by atoms with E-state index in [-0.39, 0.29) is 17.3 Å². The number of hydrogen-bond acceptors (Lipinski definition) is 5. The third-order valence-corrected chi connectivity index (χ3v) is 2.27. The number of rotatable bonds is 3. The van der Waals surface area contributed by atoms with E-state index in [4.69, 9.17) is 32.7 Å². The van der Waals surface area contributed by atoms with E-state index in [1.165, 1.54) is 7.11 Å². The fourth-order valence-electron chi connectivity index (χ4n) is 1.08. The van der Waals surface area contributed by atoms with Gasteiger partial charge < -0.3 is 9.47 Å². The number of ether oxygens (including phenoxy) is 2. The average Bonchev–Trinajstić information content (AvgIpc) is 2.31. The number of hydrogen-bond donors (Lipinski definition) is 0. The largest absolute Gasteiger partial charge is 0.467 e. The predicted molar refractivity (Wildman–Crippen MR) is 62.9 cm³/mol. The standard InChI is InChI=1S/C10H7Cl2N3O2/c1-16-9-13-8(12)14-10(15-9)17-7-5-3-2-4-6(7)11/h2-5H,1H3. The summed E-state index contributed by atoms with van der Waals surface area (Å²) in [6.45, 7) is 0. The molecule has 0 aliphatic rings. The summed E-state index contributed by atoms with van der Waals surface area (Å²) in [7, 11) is 1.42. The summed E-state index contributed by atoms with van der Waals surface area (Å²) in [5.41, 5.74) is 0. The van der Waals surface area contributed by atoms with E-state index < -0.39 is 0 Å². The van der Waals surface area contributed by atoms with Crippen LogP contribution >= 0.6 is 23.2 Å². The van der Waals surface area contributed by atoms with E-state index in [0.29, 0.717) is 10.8 Å². The lowest BCUT2D eigenvalue weighted by molar-refractivity contribution is 0.359. The summed E-state index contributed by atoms with van der Waals surface area (Å²) in [4.78, 5) is 11.4. The van der Waals surface area contributed by atoms with Crippen LogP contribution in [0.2, 0.25) is 10.3 Å². The zero-order chi connectivity index (χ0) is 12.3. The van der Waals surface area contributed by atoms with Gasteiger partial charge in [-0.2, -0.15) is 9.97 Å². The smallest absolute Gasteiger partial charge is 0.329 e. The van der Waals surface area contributed by atoms with Crippen LogP contribution in [-0.2, 0) is 0 Å². The van der Waals surface area contributed by atoms with Crippen LogP contribution < -0.4 is 9.47 Å². The molecule has 0 aliphatic heterocycles. The molecule has 5 nitrogen and oxygen atoms in total. The molecule has 0 bridgehead atoms. The van der Waals surface area contributed by atoms with Gasteiger partial charge in [0.25, 0.3) is 0 Å². The Morgan fingerprint density at radius 1 is 1.00 bits per heavy atom.